The Morgan fingerprint density at radius 3 is 2.74 bits per heavy atom. The minimum Gasteiger partial charge on any atom is -0.510 e. The molecule has 0 radical (unpaired) electrons. The highest BCUT2D eigenvalue weighted by Gasteiger charge is 2.12. The third-order valence-corrected chi connectivity index (χ3v) is 3.00. The van der Waals surface area contributed by atoms with E-state index < -0.39 is 0 Å². The molecule has 19 heavy (non-hydrogen) atoms. The summed E-state index contributed by atoms with van der Waals surface area (Å²) in [4.78, 5) is 0.0890. The number of hydrogen-bond acceptors (Lipinski definition) is 3. The molecule has 0 unspecified atom stereocenters. The zero-order chi connectivity index (χ0) is 14.4. The number of thiocarbonyl (C=S) groups is 1. The zero-order valence-corrected chi connectivity index (χ0v) is 12.1. The maximum absolute atomic E-state index is 9.68. The summed E-state index contributed by atoms with van der Waals surface area (Å²) >= 11 is 16.8. The Bertz CT molecular complexity index is 591. The van der Waals surface area contributed by atoms with Gasteiger partial charge in [0.1, 0.15) is 22.4 Å². The quantitative estimate of drug-likeness (QED) is 0.279. The fourth-order valence-electron chi connectivity index (χ4n) is 1.26. The summed E-state index contributed by atoms with van der Waals surface area (Å²) in [5, 5.41) is 22.3. The predicted octanol–water partition coefficient (Wildman–Crippen LogP) is 4.64. The predicted molar refractivity (Wildman–Crippen MR) is 82.8 cm³/mol. The molecule has 1 aromatic rings. The van der Waals surface area contributed by atoms with Crippen molar-refractivity contribution in [3.05, 3.63) is 52.2 Å². The van der Waals surface area contributed by atoms with Crippen LogP contribution in [0.15, 0.2) is 42.2 Å². The zero-order valence-electron chi connectivity index (χ0n) is 9.78. The maximum Gasteiger partial charge on any atom is 0.125 e. The highest BCUT2D eigenvalue weighted by molar-refractivity contribution is 7.81. The molecule has 0 aliphatic carbocycles. The van der Waals surface area contributed by atoms with Gasteiger partial charge < -0.3 is 10.4 Å². The van der Waals surface area contributed by atoms with Gasteiger partial charge in [-0.15, -0.1) is 6.58 Å². The molecule has 98 valence electrons. The van der Waals surface area contributed by atoms with Crippen LogP contribution in [-0.2, 0) is 0 Å². The number of aliphatic hydroxyl groups is 1. The molecule has 0 aliphatic rings. The molecule has 0 amide bonds. The number of hydrogen-bond donors (Lipinski definition) is 2. The SMILES string of the molecule is C=CC/C(O)=C(\C#N)C(=S)Nc1ccc(Cl)cc1Cl. The van der Waals surface area contributed by atoms with Gasteiger partial charge >= 0.3 is 0 Å². The first-order valence-electron chi connectivity index (χ1n) is 5.19. The third-order valence-electron chi connectivity index (χ3n) is 2.14. The first-order chi connectivity index (χ1) is 8.99. The van der Waals surface area contributed by atoms with E-state index in [1.165, 1.54) is 6.08 Å². The lowest BCUT2D eigenvalue weighted by Crippen LogP contribution is -2.13. The van der Waals surface area contributed by atoms with Crippen molar-refractivity contribution in [3.8, 4) is 6.07 Å². The third kappa shape index (κ3) is 4.25. The molecule has 0 fully saturated rings. The number of anilines is 1. The number of aliphatic hydroxyl groups excluding tert-OH is 1. The Kier molecular flexibility index (Phi) is 5.84. The van der Waals surface area contributed by atoms with Gasteiger partial charge in [-0.05, 0) is 18.2 Å². The van der Waals surface area contributed by atoms with Crippen molar-refractivity contribution in [1.29, 1.82) is 5.26 Å². The number of allylic oxidation sites excluding steroid dienone is 1. The van der Waals surface area contributed by atoms with Gasteiger partial charge in [0, 0.05) is 11.4 Å². The second kappa shape index (κ2) is 7.15. The summed E-state index contributed by atoms with van der Waals surface area (Å²) in [7, 11) is 0. The monoisotopic (exact) mass is 312 g/mol. The van der Waals surface area contributed by atoms with Crippen LogP contribution in [0.1, 0.15) is 6.42 Å². The van der Waals surface area contributed by atoms with E-state index in [-0.39, 0.29) is 22.7 Å². The average molecular weight is 313 g/mol. The molecule has 0 atom stereocenters. The van der Waals surface area contributed by atoms with Crippen molar-refractivity contribution in [1.82, 2.24) is 0 Å². The van der Waals surface area contributed by atoms with E-state index in [0.29, 0.717) is 15.7 Å². The number of nitriles is 1. The molecule has 0 saturated carbocycles. The van der Waals surface area contributed by atoms with Gasteiger partial charge in [-0.3, -0.25) is 0 Å². The van der Waals surface area contributed by atoms with E-state index >= 15 is 0 Å². The largest absolute Gasteiger partial charge is 0.510 e. The molecule has 1 rings (SSSR count). The number of nitrogens with zero attached hydrogens (tertiary/aromatic N) is 1. The normalized spacial score (nSPS) is 11.2. The molecular formula is C13H10Cl2N2OS. The fourth-order valence-corrected chi connectivity index (χ4v) is 1.99. The Balaban J connectivity index is 2.99. The summed E-state index contributed by atoms with van der Waals surface area (Å²) in [5.41, 5.74) is 0.496. The van der Waals surface area contributed by atoms with Crippen molar-refractivity contribution in [3.63, 3.8) is 0 Å². The lowest BCUT2D eigenvalue weighted by atomic mass is 10.2. The second-order valence-corrected chi connectivity index (χ2v) is 4.76. The van der Waals surface area contributed by atoms with E-state index in [2.05, 4.69) is 11.9 Å². The van der Waals surface area contributed by atoms with Crippen LogP contribution in [0.4, 0.5) is 5.69 Å². The minimum atomic E-state index is -0.139. The van der Waals surface area contributed by atoms with Gasteiger partial charge in [0.25, 0.3) is 0 Å². The van der Waals surface area contributed by atoms with Crippen LogP contribution in [-0.4, -0.2) is 10.1 Å². The molecule has 0 saturated heterocycles. The summed E-state index contributed by atoms with van der Waals surface area (Å²) in [6.45, 7) is 3.48. The summed E-state index contributed by atoms with van der Waals surface area (Å²) < 4.78 is 0. The first kappa shape index (κ1) is 15.5. The highest BCUT2D eigenvalue weighted by atomic mass is 35.5. The number of rotatable bonds is 4. The van der Waals surface area contributed by atoms with E-state index in [0.717, 1.165) is 0 Å². The molecular weight excluding hydrogens is 303 g/mol. The van der Waals surface area contributed by atoms with E-state index in [1.54, 1.807) is 18.2 Å². The molecule has 1 aromatic carbocycles. The second-order valence-electron chi connectivity index (χ2n) is 3.50. The van der Waals surface area contributed by atoms with Gasteiger partial charge in [-0.25, -0.2) is 0 Å². The van der Waals surface area contributed by atoms with Crippen LogP contribution < -0.4 is 5.32 Å². The van der Waals surface area contributed by atoms with Crippen molar-refractivity contribution >= 4 is 46.1 Å². The smallest absolute Gasteiger partial charge is 0.125 e. The summed E-state index contributed by atoms with van der Waals surface area (Å²) in [6, 6.07) is 6.67. The van der Waals surface area contributed by atoms with Crippen LogP contribution in [0.5, 0.6) is 0 Å². The van der Waals surface area contributed by atoms with Crippen LogP contribution in [0.2, 0.25) is 10.0 Å². The van der Waals surface area contributed by atoms with Gasteiger partial charge in [0.2, 0.25) is 0 Å². The van der Waals surface area contributed by atoms with Crippen molar-refractivity contribution in [2.45, 2.75) is 6.42 Å². The van der Waals surface area contributed by atoms with Gasteiger partial charge in [-0.1, -0.05) is 41.5 Å². The molecule has 6 heteroatoms. The lowest BCUT2D eigenvalue weighted by molar-refractivity contribution is 0.399. The summed E-state index contributed by atoms with van der Waals surface area (Å²) in [6.07, 6.45) is 1.64. The molecule has 0 aromatic heterocycles. The Morgan fingerprint density at radius 1 is 1.53 bits per heavy atom. The first-order valence-corrected chi connectivity index (χ1v) is 6.35. The average Bonchev–Trinajstić information content (AvgIpc) is 2.34. The van der Waals surface area contributed by atoms with E-state index in [4.69, 9.17) is 40.7 Å². The topological polar surface area (TPSA) is 56.0 Å². The van der Waals surface area contributed by atoms with Gasteiger partial charge in [0.15, 0.2) is 0 Å². The number of halogens is 2. The van der Waals surface area contributed by atoms with Crippen LogP contribution in [0.25, 0.3) is 0 Å². The number of benzene rings is 1. The van der Waals surface area contributed by atoms with Crippen molar-refractivity contribution in [2.24, 2.45) is 0 Å². The van der Waals surface area contributed by atoms with Gasteiger partial charge in [-0.2, -0.15) is 5.26 Å². The lowest BCUT2D eigenvalue weighted by Gasteiger charge is -2.10. The number of nitrogens with one attached hydrogen (secondary N) is 1. The maximum atomic E-state index is 9.68. The molecule has 0 spiro atoms. The fraction of sp³-hybridized carbons (Fsp3) is 0.0769. The van der Waals surface area contributed by atoms with Crippen LogP contribution in [0, 0.1) is 11.3 Å². The molecule has 2 N–H and O–H groups in total. The van der Waals surface area contributed by atoms with E-state index in [1.807, 2.05) is 6.07 Å². The Hall–Kier alpha value is -1.54. The Labute approximate surface area is 126 Å². The molecule has 0 aliphatic heterocycles. The van der Waals surface area contributed by atoms with Crippen LogP contribution in [0.3, 0.4) is 0 Å². The van der Waals surface area contributed by atoms with Crippen molar-refractivity contribution < 1.29 is 5.11 Å². The summed E-state index contributed by atoms with van der Waals surface area (Å²) in [5.74, 6) is -0.139. The van der Waals surface area contributed by atoms with Crippen molar-refractivity contribution in [2.75, 3.05) is 5.32 Å². The molecule has 0 bridgehead atoms. The molecule has 0 heterocycles. The standard InChI is InChI=1S/C13H10Cl2N2OS/c1-2-3-12(18)9(7-16)13(19)17-11-5-4-8(14)6-10(11)15/h2,4-6,18H,1,3H2,(H,17,19)/b12-9-. The van der Waals surface area contributed by atoms with Gasteiger partial charge in [0.05, 0.1) is 10.7 Å². The van der Waals surface area contributed by atoms with Crippen LogP contribution >= 0.6 is 35.4 Å². The minimum absolute atomic E-state index is 0.0130. The Morgan fingerprint density at radius 2 is 2.21 bits per heavy atom. The highest BCUT2D eigenvalue weighted by Crippen LogP contribution is 2.26. The van der Waals surface area contributed by atoms with E-state index in [9.17, 15) is 5.11 Å². The molecule has 3 nitrogen and oxygen atoms in total.